The topological polar surface area (TPSA) is 61.5 Å². The van der Waals surface area contributed by atoms with Gasteiger partial charge in [0, 0.05) is 13.1 Å². The van der Waals surface area contributed by atoms with E-state index in [1.54, 1.807) is 6.33 Å². The van der Waals surface area contributed by atoms with E-state index in [9.17, 15) is 10.2 Å². The molecular weight excluding hydrogens is 278 g/mol. The van der Waals surface area contributed by atoms with E-state index in [1.807, 2.05) is 4.57 Å². The Labute approximate surface area is 131 Å². The Morgan fingerprint density at radius 3 is 2.82 bits per heavy atom. The van der Waals surface area contributed by atoms with Gasteiger partial charge in [-0.05, 0) is 56.5 Å². The minimum atomic E-state index is -0.454. The number of benzene rings is 1. The zero-order valence-corrected chi connectivity index (χ0v) is 13.4. The molecule has 1 aromatic heterocycles. The summed E-state index contributed by atoms with van der Waals surface area (Å²) in [6.07, 6.45) is 2.97. The molecule has 0 amide bonds. The highest BCUT2D eigenvalue weighted by Crippen LogP contribution is 2.19. The SMILES string of the molecule is Cc1cc2ncn(C[C@H](O)CN3CCC[C@H](O)C3)c2cc1C. The Bertz CT molecular complexity index is 653. The first-order valence-corrected chi connectivity index (χ1v) is 8.03. The van der Waals surface area contributed by atoms with Crippen LogP contribution in [-0.4, -0.2) is 56.5 Å². The van der Waals surface area contributed by atoms with Crippen molar-refractivity contribution in [3.63, 3.8) is 0 Å². The maximum absolute atomic E-state index is 10.4. The third-order valence-corrected chi connectivity index (χ3v) is 4.59. The van der Waals surface area contributed by atoms with Crippen LogP contribution in [0.2, 0.25) is 0 Å². The van der Waals surface area contributed by atoms with Gasteiger partial charge in [0.15, 0.2) is 0 Å². The predicted molar refractivity (Wildman–Crippen MR) is 86.9 cm³/mol. The molecule has 5 heteroatoms. The van der Waals surface area contributed by atoms with Crippen molar-refractivity contribution >= 4 is 11.0 Å². The molecular formula is C17H25N3O2. The van der Waals surface area contributed by atoms with Crippen molar-refractivity contribution in [2.45, 2.75) is 45.4 Å². The molecule has 2 heterocycles. The highest BCUT2D eigenvalue weighted by Gasteiger charge is 2.20. The first-order chi connectivity index (χ1) is 10.5. The molecule has 2 atom stereocenters. The normalized spacial score (nSPS) is 21.4. The number of hydrogen-bond acceptors (Lipinski definition) is 4. The summed E-state index contributed by atoms with van der Waals surface area (Å²) >= 11 is 0. The molecule has 0 aliphatic carbocycles. The number of β-amino-alcohol motifs (C(OH)–C–C–N with tert-alkyl or cyclic N) is 2. The first-order valence-electron chi connectivity index (χ1n) is 8.03. The molecule has 22 heavy (non-hydrogen) atoms. The molecule has 0 saturated carbocycles. The third kappa shape index (κ3) is 3.32. The molecule has 0 bridgehead atoms. The number of aromatic nitrogens is 2. The van der Waals surface area contributed by atoms with Crippen LogP contribution in [0.4, 0.5) is 0 Å². The van der Waals surface area contributed by atoms with Crippen LogP contribution in [-0.2, 0) is 6.54 Å². The van der Waals surface area contributed by atoms with Crippen LogP contribution in [0.15, 0.2) is 18.5 Å². The molecule has 3 rings (SSSR count). The summed E-state index contributed by atoms with van der Waals surface area (Å²) < 4.78 is 2.02. The van der Waals surface area contributed by atoms with Crippen molar-refractivity contribution in [1.29, 1.82) is 0 Å². The molecule has 0 unspecified atom stereocenters. The standard InChI is InChI=1S/C17H25N3O2/c1-12-6-16-17(7-13(12)2)20(11-18-16)10-15(22)9-19-5-3-4-14(21)8-19/h6-7,11,14-15,21-22H,3-5,8-10H2,1-2H3/t14-,15+/m0/s1. The number of likely N-dealkylation sites (tertiary alicyclic amines) is 1. The van der Waals surface area contributed by atoms with Gasteiger partial charge in [-0.3, -0.25) is 4.90 Å². The summed E-state index contributed by atoms with van der Waals surface area (Å²) in [6.45, 7) is 6.94. The van der Waals surface area contributed by atoms with E-state index < -0.39 is 6.10 Å². The van der Waals surface area contributed by atoms with Crippen LogP contribution >= 0.6 is 0 Å². The van der Waals surface area contributed by atoms with Crippen LogP contribution < -0.4 is 0 Å². The molecule has 1 fully saturated rings. The molecule has 2 N–H and O–H groups in total. The van der Waals surface area contributed by atoms with E-state index in [2.05, 4.69) is 35.9 Å². The van der Waals surface area contributed by atoms with Crippen molar-refractivity contribution in [2.75, 3.05) is 19.6 Å². The van der Waals surface area contributed by atoms with Gasteiger partial charge in [0.05, 0.1) is 36.1 Å². The first kappa shape index (κ1) is 15.5. The fourth-order valence-corrected chi connectivity index (χ4v) is 3.24. The van der Waals surface area contributed by atoms with Crippen LogP contribution in [0.1, 0.15) is 24.0 Å². The van der Waals surface area contributed by atoms with Gasteiger partial charge in [-0.15, -0.1) is 0 Å². The Balaban J connectivity index is 1.68. The van der Waals surface area contributed by atoms with Crippen molar-refractivity contribution in [3.8, 4) is 0 Å². The lowest BCUT2D eigenvalue weighted by molar-refractivity contribution is 0.0352. The maximum Gasteiger partial charge on any atom is 0.0959 e. The van der Waals surface area contributed by atoms with Gasteiger partial charge in [-0.25, -0.2) is 4.98 Å². The second kappa shape index (κ2) is 6.36. The second-order valence-electron chi connectivity index (χ2n) is 6.53. The minimum Gasteiger partial charge on any atom is -0.392 e. The molecule has 1 aliphatic rings. The Kier molecular flexibility index (Phi) is 4.47. The summed E-state index contributed by atoms with van der Waals surface area (Å²) in [6, 6.07) is 4.23. The van der Waals surface area contributed by atoms with Gasteiger partial charge < -0.3 is 14.8 Å². The fraction of sp³-hybridized carbons (Fsp3) is 0.588. The number of rotatable bonds is 4. The Morgan fingerprint density at radius 2 is 2.05 bits per heavy atom. The second-order valence-corrected chi connectivity index (χ2v) is 6.53. The number of aliphatic hydroxyl groups excluding tert-OH is 2. The molecule has 0 spiro atoms. The Morgan fingerprint density at radius 1 is 1.27 bits per heavy atom. The minimum absolute atomic E-state index is 0.249. The number of imidazole rings is 1. The van der Waals surface area contributed by atoms with E-state index >= 15 is 0 Å². The van der Waals surface area contributed by atoms with Crippen LogP contribution in [0.5, 0.6) is 0 Å². The van der Waals surface area contributed by atoms with E-state index in [0.29, 0.717) is 19.6 Å². The number of piperidine rings is 1. The summed E-state index contributed by atoms with van der Waals surface area (Å²) in [4.78, 5) is 6.58. The zero-order valence-electron chi connectivity index (χ0n) is 13.4. The summed E-state index contributed by atoms with van der Waals surface area (Å²) in [7, 11) is 0. The maximum atomic E-state index is 10.4. The van der Waals surface area contributed by atoms with E-state index in [0.717, 1.165) is 30.4 Å². The smallest absolute Gasteiger partial charge is 0.0959 e. The van der Waals surface area contributed by atoms with Crippen molar-refractivity contribution < 1.29 is 10.2 Å². The zero-order chi connectivity index (χ0) is 15.7. The molecule has 1 saturated heterocycles. The molecule has 2 aromatic rings. The third-order valence-electron chi connectivity index (χ3n) is 4.59. The number of nitrogens with zero attached hydrogens (tertiary/aromatic N) is 3. The lowest BCUT2D eigenvalue weighted by atomic mass is 10.1. The lowest BCUT2D eigenvalue weighted by Gasteiger charge is -2.31. The fourth-order valence-electron chi connectivity index (χ4n) is 3.24. The van der Waals surface area contributed by atoms with Crippen molar-refractivity contribution in [3.05, 3.63) is 29.6 Å². The Hall–Kier alpha value is -1.43. The van der Waals surface area contributed by atoms with Gasteiger partial charge >= 0.3 is 0 Å². The largest absolute Gasteiger partial charge is 0.392 e. The molecule has 5 nitrogen and oxygen atoms in total. The summed E-state index contributed by atoms with van der Waals surface area (Å²) in [5.74, 6) is 0. The van der Waals surface area contributed by atoms with Gasteiger partial charge in [0.2, 0.25) is 0 Å². The van der Waals surface area contributed by atoms with Crippen LogP contribution in [0.3, 0.4) is 0 Å². The molecule has 1 aromatic carbocycles. The van der Waals surface area contributed by atoms with Gasteiger partial charge in [0.1, 0.15) is 0 Å². The highest BCUT2D eigenvalue weighted by molar-refractivity contribution is 5.77. The quantitative estimate of drug-likeness (QED) is 0.898. The number of fused-ring (bicyclic) bond motifs is 1. The summed E-state index contributed by atoms with van der Waals surface area (Å²) in [5.41, 5.74) is 4.52. The van der Waals surface area contributed by atoms with E-state index in [4.69, 9.17) is 0 Å². The molecule has 120 valence electrons. The average molecular weight is 303 g/mol. The average Bonchev–Trinajstić information content (AvgIpc) is 2.81. The van der Waals surface area contributed by atoms with Crippen molar-refractivity contribution in [1.82, 2.24) is 14.5 Å². The number of aliphatic hydroxyl groups is 2. The highest BCUT2D eigenvalue weighted by atomic mass is 16.3. The van der Waals surface area contributed by atoms with E-state index in [-0.39, 0.29) is 6.10 Å². The van der Waals surface area contributed by atoms with Crippen LogP contribution in [0.25, 0.3) is 11.0 Å². The summed E-state index contributed by atoms with van der Waals surface area (Å²) in [5, 5.41) is 20.1. The molecule has 1 aliphatic heterocycles. The monoisotopic (exact) mass is 303 g/mol. The predicted octanol–water partition coefficient (Wildman–Crippen LogP) is 1.47. The van der Waals surface area contributed by atoms with Gasteiger partial charge in [0.25, 0.3) is 0 Å². The van der Waals surface area contributed by atoms with Gasteiger partial charge in [-0.2, -0.15) is 0 Å². The lowest BCUT2D eigenvalue weighted by Crippen LogP contribution is -2.43. The van der Waals surface area contributed by atoms with E-state index in [1.165, 1.54) is 11.1 Å². The number of hydrogen-bond donors (Lipinski definition) is 2. The number of aryl methyl sites for hydroxylation is 2. The van der Waals surface area contributed by atoms with Crippen molar-refractivity contribution in [2.24, 2.45) is 0 Å². The molecule has 0 radical (unpaired) electrons. The van der Waals surface area contributed by atoms with Crippen LogP contribution in [0, 0.1) is 13.8 Å². The van der Waals surface area contributed by atoms with Gasteiger partial charge in [-0.1, -0.05) is 0 Å².